The summed E-state index contributed by atoms with van der Waals surface area (Å²) >= 11 is 0. The standard InChI is InChI=1S/C27H26N4O5/c1-18-23(26(32)29-15-7-11-20-9-4-3-5-10-20)25(21-12-6-13-22(17-21)31(34)35)24(19(2)30-18)27(33)36-16-8-14-28/h3-7,9-13,17,24-25H,8,15-16H2,1-2H3,(H,29,32). The zero-order valence-corrected chi connectivity index (χ0v) is 20.0. The predicted molar refractivity (Wildman–Crippen MR) is 135 cm³/mol. The molecule has 2 aromatic rings. The number of rotatable bonds is 9. The van der Waals surface area contributed by atoms with Crippen LogP contribution in [0.25, 0.3) is 6.08 Å². The first-order valence-corrected chi connectivity index (χ1v) is 11.4. The Morgan fingerprint density at radius 3 is 2.64 bits per heavy atom. The molecule has 0 aromatic heterocycles. The number of nitrogens with zero attached hydrogens (tertiary/aromatic N) is 3. The number of amides is 1. The van der Waals surface area contributed by atoms with Crippen LogP contribution in [0.5, 0.6) is 0 Å². The van der Waals surface area contributed by atoms with Gasteiger partial charge in [0.05, 0.1) is 17.4 Å². The lowest BCUT2D eigenvalue weighted by Gasteiger charge is -2.31. The Morgan fingerprint density at radius 2 is 1.94 bits per heavy atom. The first-order valence-electron chi connectivity index (χ1n) is 11.4. The number of hydrogen-bond acceptors (Lipinski definition) is 7. The lowest BCUT2D eigenvalue weighted by molar-refractivity contribution is -0.384. The molecule has 9 nitrogen and oxygen atoms in total. The highest BCUT2D eigenvalue weighted by Gasteiger charge is 2.42. The van der Waals surface area contributed by atoms with E-state index in [0.717, 1.165) is 5.56 Å². The molecule has 0 bridgehead atoms. The van der Waals surface area contributed by atoms with Gasteiger partial charge in [0.1, 0.15) is 12.5 Å². The fourth-order valence-electron chi connectivity index (χ4n) is 4.12. The highest BCUT2D eigenvalue weighted by Crippen LogP contribution is 2.40. The van der Waals surface area contributed by atoms with Gasteiger partial charge in [-0.2, -0.15) is 5.26 Å². The molecule has 0 radical (unpaired) electrons. The van der Waals surface area contributed by atoms with Crippen LogP contribution in [0.1, 0.15) is 37.3 Å². The first-order chi connectivity index (χ1) is 17.3. The third-order valence-electron chi connectivity index (χ3n) is 5.72. The molecule has 0 aliphatic carbocycles. The minimum absolute atomic E-state index is 0.0199. The predicted octanol–water partition coefficient (Wildman–Crippen LogP) is 4.33. The summed E-state index contributed by atoms with van der Waals surface area (Å²) in [5, 5.41) is 23.0. The molecule has 2 atom stereocenters. The average Bonchev–Trinajstić information content (AvgIpc) is 2.86. The number of nitro groups is 1. The Bertz CT molecular complexity index is 1270. The molecule has 0 saturated carbocycles. The van der Waals surface area contributed by atoms with Crippen molar-refractivity contribution in [1.82, 2.24) is 5.32 Å². The van der Waals surface area contributed by atoms with Gasteiger partial charge in [0.15, 0.2) is 0 Å². The molecule has 1 heterocycles. The second-order valence-electron chi connectivity index (χ2n) is 8.16. The number of carbonyl (C=O) groups excluding carboxylic acids is 2. The summed E-state index contributed by atoms with van der Waals surface area (Å²) in [5.41, 5.74) is 2.31. The van der Waals surface area contributed by atoms with Crippen LogP contribution in [0.15, 0.2) is 76.9 Å². The minimum atomic E-state index is -0.977. The minimum Gasteiger partial charge on any atom is -0.464 e. The Kier molecular flexibility index (Phi) is 8.84. The molecule has 2 unspecified atom stereocenters. The van der Waals surface area contributed by atoms with Crippen molar-refractivity contribution >= 4 is 29.4 Å². The molecule has 9 heteroatoms. The molecular formula is C27H26N4O5. The van der Waals surface area contributed by atoms with Crippen LogP contribution in [0, 0.1) is 27.4 Å². The van der Waals surface area contributed by atoms with E-state index in [4.69, 9.17) is 10.00 Å². The number of allylic oxidation sites excluding steroid dienone is 1. The smallest absolute Gasteiger partial charge is 0.315 e. The Balaban J connectivity index is 1.94. The van der Waals surface area contributed by atoms with Gasteiger partial charge in [-0.05, 0) is 25.0 Å². The van der Waals surface area contributed by atoms with E-state index in [2.05, 4.69) is 10.3 Å². The molecule has 36 heavy (non-hydrogen) atoms. The summed E-state index contributed by atoms with van der Waals surface area (Å²) in [7, 11) is 0. The van der Waals surface area contributed by atoms with E-state index in [-0.39, 0.29) is 30.8 Å². The lowest BCUT2D eigenvalue weighted by atomic mass is 9.75. The highest BCUT2D eigenvalue weighted by atomic mass is 16.6. The number of esters is 1. The van der Waals surface area contributed by atoms with Crippen LogP contribution in [0.3, 0.4) is 0 Å². The zero-order chi connectivity index (χ0) is 26.1. The van der Waals surface area contributed by atoms with Gasteiger partial charge in [-0.15, -0.1) is 0 Å². The normalized spacial score (nSPS) is 17.3. The Hall–Kier alpha value is -4.58. The van der Waals surface area contributed by atoms with Crippen molar-refractivity contribution in [1.29, 1.82) is 5.26 Å². The van der Waals surface area contributed by atoms with Gasteiger partial charge in [0.25, 0.3) is 5.69 Å². The molecule has 1 amide bonds. The fourth-order valence-corrected chi connectivity index (χ4v) is 4.12. The van der Waals surface area contributed by atoms with Gasteiger partial charge in [-0.3, -0.25) is 24.7 Å². The fraction of sp³-hybridized carbons (Fsp3) is 0.259. The molecule has 184 valence electrons. The summed E-state index contributed by atoms with van der Waals surface area (Å²) in [5.74, 6) is -2.91. The van der Waals surface area contributed by atoms with Crippen LogP contribution in [0.4, 0.5) is 5.69 Å². The molecule has 2 aromatic carbocycles. The topological polar surface area (TPSA) is 135 Å². The lowest BCUT2D eigenvalue weighted by Crippen LogP contribution is -2.39. The number of carbonyl (C=O) groups is 2. The van der Waals surface area contributed by atoms with Crippen molar-refractivity contribution in [2.45, 2.75) is 26.2 Å². The molecule has 1 N–H and O–H groups in total. The van der Waals surface area contributed by atoms with Gasteiger partial charge >= 0.3 is 5.97 Å². The van der Waals surface area contributed by atoms with E-state index in [9.17, 15) is 19.7 Å². The number of nitriles is 1. The van der Waals surface area contributed by atoms with E-state index >= 15 is 0 Å². The number of nitro benzene ring substituents is 1. The maximum Gasteiger partial charge on any atom is 0.315 e. The summed E-state index contributed by atoms with van der Waals surface area (Å²) in [6.07, 6.45) is 3.70. The number of aliphatic imine (C=N–C) groups is 1. The number of non-ortho nitro benzene ring substituents is 1. The van der Waals surface area contributed by atoms with Crippen molar-refractivity contribution < 1.29 is 19.2 Å². The van der Waals surface area contributed by atoms with Gasteiger partial charge < -0.3 is 10.1 Å². The third-order valence-corrected chi connectivity index (χ3v) is 5.72. The van der Waals surface area contributed by atoms with Gasteiger partial charge in [0.2, 0.25) is 5.91 Å². The molecule has 3 rings (SSSR count). The average molecular weight is 487 g/mol. The van der Waals surface area contributed by atoms with Crippen LogP contribution >= 0.6 is 0 Å². The summed E-state index contributed by atoms with van der Waals surface area (Å²) in [6, 6.07) is 17.4. The van der Waals surface area contributed by atoms with Crippen LogP contribution < -0.4 is 5.32 Å². The largest absolute Gasteiger partial charge is 0.464 e. The molecule has 0 spiro atoms. The zero-order valence-electron chi connectivity index (χ0n) is 20.0. The number of benzene rings is 2. The van der Waals surface area contributed by atoms with Crippen molar-refractivity contribution in [3.63, 3.8) is 0 Å². The Morgan fingerprint density at radius 1 is 1.19 bits per heavy atom. The quantitative estimate of drug-likeness (QED) is 0.243. The van der Waals surface area contributed by atoms with Crippen molar-refractivity contribution in [2.24, 2.45) is 10.9 Å². The van der Waals surface area contributed by atoms with E-state index in [1.165, 1.54) is 18.2 Å². The van der Waals surface area contributed by atoms with E-state index in [0.29, 0.717) is 17.0 Å². The van der Waals surface area contributed by atoms with Gasteiger partial charge in [-0.25, -0.2) is 0 Å². The van der Waals surface area contributed by atoms with Gasteiger partial charge in [-0.1, -0.05) is 54.6 Å². The second-order valence-corrected chi connectivity index (χ2v) is 8.16. The molecule has 0 fully saturated rings. The number of nitrogens with one attached hydrogen (secondary N) is 1. The molecule has 0 saturated heterocycles. The number of hydrogen-bond donors (Lipinski definition) is 1. The van der Waals surface area contributed by atoms with Crippen LogP contribution in [-0.2, 0) is 14.3 Å². The Labute approximate surface area is 209 Å². The second kappa shape index (κ2) is 12.2. The van der Waals surface area contributed by atoms with Crippen LogP contribution in [0.2, 0.25) is 0 Å². The number of ether oxygens (including phenoxy) is 1. The molecule has 1 aliphatic heterocycles. The summed E-state index contributed by atoms with van der Waals surface area (Å²) < 4.78 is 5.29. The summed E-state index contributed by atoms with van der Waals surface area (Å²) in [4.78, 5) is 41.8. The highest BCUT2D eigenvalue weighted by molar-refractivity contribution is 6.08. The van der Waals surface area contributed by atoms with E-state index in [1.54, 1.807) is 26.0 Å². The van der Waals surface area contributed by atoms with E-state index in [1.807, 2.05) is 42.5 Å². The maximum absolute atomic E-state index is 13.4. The van der Waals surface area contributed by atoms with E-state index < -0.39 is 28.6 Å². The maximum atomic E-state index is 13.4. The van der Waals surface area contributed by atoms with Crippen molar-refractivity contribution in [3.05, 3.63) is 93.2 Å². The first kappa shape index (κ1) is 26.0. The third kappa shape index (κ3) is 6.30. The monoisotopic (exact) mass is 486 g/mol. The summed E-state index contributed by atoms with van der Waals surface area (Å²) in [6.45, 7) is 3.45. The molecular weight excluding hydrogens is 460 g/mol. The van der Waals surface area contributed by atoms with Gasteiger partial charge in [0, 0.05) is 41.6 Å². The van der Waals surface area contributed by atoms with Crippen molar-refractivity contribution in [2.75, 3.05) is 13.2 Å². The van der Waals surface area contributed by atoms with Crippen molar-refractivity contribution in [3.8, 4) is 6.07 Å². The SMILES string of the molecule is CC1=NC(C)=C(C(=O)NCC=Cc2ccccc2)C(c2cccc([N+](=O)[O-])c2)C1C(=O)OCCC#N. The van der Waals surface area contributed by atoms with Crippen LogP contribution in [-0.4, -0.2) is 35.7 Å². The molecule has 1 aliphatic rings.